The van der Waals surface area contributed by atoms with Gasteiger partial charge >= 0.3 is 0 Å². The van der Waals surface area contributed by atoms with Crippen LogP contribution in [0.4, 0.5) is 0 Å². The van der Waals surface area contributed by atoms with E-state index < -0.39 is 0 Å². The zero-order chi connectivity index (χ0) is 37.7. The number of nitrogens with zero attached hydrogens (tertiary/aromatic N) is 2. The number of fused-ring (bicyclic) bond motifs is 7. The van der Waals surface area contributed by atoms with Gasteiger partial charge in [-0.1, -0.05) is 164 Å². The fourth-order valence-corrected chi connectivity index (χ4v) is 8.88. The molecule has 0 radical (unpaired) electrons. The molecule has 0 saturated heterocycles. The van der Waals surface area contributed by atoms with Crippen LogP contribution in [0, 0.1) is 0 Å². The molecule has 0 spiro atoms. The van der Waals surface area contributed by atoms with Crippen molar-refractivity contribution < 1.29 is 0 Å². The zero-order valence-electron chi connectivity index (χ0n) is 31.4. The molecule has 0 N–H and O–H groups in total. The first-order valence-electron chi connectivity index (χ1n) is 19.7. The Hall–Kier alpha value is -7.42. The van der Waals surface area contributed by atoms with Gasteiger partial charge in [0.25, 0.3) is 0 Å². The molecule has 0 aliphatic rings. The summed E-state index contributed by atoms with van der Waals surface area (Å²) >= 11 is 0. The Morgan fingerprint density at radius 3 is 1.72 bits per heavy atom. The summed E-state index contributed by atoms with van der Waals surface area (Å²) < 4.78 is 4.81. The molecule has 0 bridgehead atoms. The first kappa shape index (κ1) is 33.0. The van der Waals surface area contributed by atoms with E-state index in [9.17, 15) is 0 Å². The van der Waals surface area contributed by atoms with E-state index in [0.717, 1.165) is 6.42 Å². The van der Waals surface area contributed by atoms with E-state index in [4.69, 9.17) is 0 Å². The first-order valence-corrected chi connectivity index (χ1v) is 19.7. The Balaban J connectivity index is 0.983. The van der Waals surface area contributed by atoms with Crippen molar-refractivity contribution in [3.05, 3.63) is 229 Å². The molecule has 11 aromatic rings. The van der Waals surface area contributed by atoms with Gasteiger partial charge in [-0.3, -0.25) is 0 Å². The van der Waals surface area contributed by atoms with Crippen LogP contribution in [0.25, 0.3) is 88.5 Å². The van der Waals surface area contributed by atoms with Gasteiger partial charge < -0.3 is 9.13 Å². The third-order valence-corrected chi connectivity index (χ3v) is 11.6. The van der Waals surface area contributed by atoms with E-state index in [0.29, 0.717) is 0 Å². The van der Waals surface area contributed by atoms with Gasteiger partial charge in [-0.05, 0) is 99.8 Å². The molecule has 268 valence electrons. The lowest BCUT2D eigenvalue weighted by molar-refractivity contribution is 1.18. The predicted octanol–water partition coefficient (Wildman–Crippen LogP) is 14.5. The van der Waals surface area contributed by atoms with Crippen molar-refractivity contribution in [3.63, 3.8) is 0 Å². The Bertz CT molecular complexity index is 3290. The minimum absolute atomic E-state index is 0.808. The number of allylic oxidation sites excluding steroid dienone is 1. The summed E-state index contributed by atoms with van der Waals surface area (Å²) in [6.07, 6.45) is 3.16. The number of rotatable bonds is 7. The molecule has 0 aliphatic heterocycles. The van der Waals surface area contributed by atoms with Crippen LogP contribution in [0.15, 0.2) is 212 Å². The lowest BCUT2D eigenvalue weighted by atomic mass is 9.93. The van der Waals surface area contributed by atoms with Gasteiger partial charge in [-0.25, -0.2) is 0 Å². The molecule has 0 fully saturated rings. The Kier molecular flexibility index (Phi) is 7.93. The van der Waals surface area contributed by atoms with E-state index in [1.165, 1.54) is 99.1 Å². The molecule has 2 heteroatoms. The van der Waals surface area contributed by atoms with Crippen molar-refractivity contribution in [2.24, 2.45) is 0 Å². The van der Waals surface area contributed by atoms with Gasteiger partial charge in [-0.2, -0.15) is 0 Å². The van der Waals surface area contributed by atoms with Crippen LogP contribution in [0.2, 0.25) is 0 Å². The van der Waals surface area contributed by atoms with Crippen LogP contribution in [-0.4, -0.2) is 9.13 Å². The van der Waals surface area contributed by atoms with Gasteiger partial charge in [0, 0.05) is 32.6 Å². The molecular formula is C55H38N2. The number of aromatic nitrogens is 2. The maximum absolute atomic E-state index is 2.44. The predicted molar refractivity (Wildman–Crippen MR) is 243 cm³/mol. The molecule has 2 heterocycles. The number of hydrogen-bond donors (Lipinski definition) is 0. The van der Waals surface area contributed by atoms with Crippen molar-refractivity contribution >= 4 is 66.0 Å². The summed E-state index contributed by atoms with van der Waals surface area (Å²) in [5.41, 5.74) is 14.7. The number of hydrogen-bond acceptors (Lipinski definition) is 0. The molecule has 0 saturated carbocycles. The normalized spacial score (nSPS) is 12.0. The molecule has 2 aromatic heterocycles. The highest BCUT2D eigenvalue weighted by Gasteiger charge is 2.16. The fraction of sp³-hybridized carbons (Fsp3) is 0.0182. The van der Waals surface area contributed by atoms with Crippen LogP contribution in [0.3, 0.4) is 0 Å². The van der Waals surface area contributed by atoms with E-state index >= 15 is 0 Å². The summed E-state index contributed by atoms with van der Waals surface area (Å²) in [7, 11) is 0. The summed E-state index contributed by atoms with van der Waals surface area (Å²) in [5, 5.41) is 7.56. The minimum Gasteiger partial charge on any atom is -0.309 e. The van der Waals surface area contributed by atoms with E-state index in [1.54, 1.807) is 0 Å². The fourth-order valence-electron chi connectivity index (χ4n) is 8.88. The highest BCUT2D eigenvalue weighted by atomic mass is 15.0. The van der Waals surface area contributed by atoms with Gasteiger partial charge in [0.1, 0.15) is 0 Å². The summed E-state index contributed by atoms with van der Waals surface area (Å²) in [6.45, 7) is 0. The zero-order valence-corrected chi connectivity index (χ0v) is 31.4. The van der Waals surface area contributed by atoms with Crippen molar-refractivity contribution in [3.8, 4) is 22.5 Å². The second kappa shape index (κ2) is 13.7. The highest BCUT2D eigenvalue weighted by molar-refractivity contribution is 6.12. The Morgan fingerprint density at radius 2 is 0.947 bits per heavy atom. The average Bonchev–Trinajstić information content (AvgIpc) is 3.79. The van der Waals surface area contributed by atoms with Crippen LogP contribution >= 0.6 is 0 Å². The standard InChI is InChI=1S/C55H38N2/c1-3-14-38(15-4-1)34-44(35-39-26-32-55-49(36-39)47-21-10-12-24-53(47)57(55)51-25-13-17-42-16-7-8-20-46(42)51)41-29-27-40(28-30-41)43-31-33-54-50(37-43)48-22-9-11-23-52(48)56(54)45-18-5-2-6-19-45/h1-34,36-37H,35H2/b44-34-. The Labute approximate surface area is 331 Å². The van der Waals surface area contributed by atoms with E-state index in [1.807, 2.05) is 0 Å². The lowest BCUT2D eigenvalue weighted by Crippen LogP contribution is -1.96. The lowest BCUT2D eigenvalue weighted by Gasteiger charge is -2.13. The molecule has 9 aromatic carbocycles. The largest absolute Gasteiger partial charge is 0.309 e. The van der Waals surface area contributed by atoms with Crippen LogP contribution < -0.4 is 0 Å². The quantitative estimate of drug-likeness (QED) is 0.145. The second-order valence-corrected chi connectivity index (χ2v) is 15.0. The maximum atomic E-state index is 2.44. The van der Waals surface area contributed by atoms with Gasteiger partial charge in [0.05, 0.1) is 27.8 Å². The summed E-state index contributed by atoms with van der Waals surface area (Å²) in [5.74, 6) is 0. The molecule has 2 nitrogen and oxygen atoms in total. The average molecular weight is 727 g/mol. The molecule has 0 unspecified atom stereocenters. The van der Waals surface area contributed by atoms with E-state index in [-0.39, 0.29) is 0 Å². The van der Waals surface area contributed by atoms with Crippen molar-refractivity contribution in [1.29, 1.82) is 0 Å². The minimum atomic E-state index is 0.808. The molecule has 11 rings (SSSR count). The topological polar surface area (TPSA) is 9.86 Å². The van der Waals surface area contributed by atoms with Gasteiger partial charge in [-0.15, -0.1) is 0 Å². The summed E-state index contributed by atoms with van der Waals surface area (Å²) in [6, 6.07) is 77.3. The summed E-state index contributed by atoms with van der Waals surface area (Å²) in [4.78, 5) is 0. The van der Waals surface area contributed by atoms with Crippen LogP contribution in [-0.2, 0) is 6.42 Å². The smallest absolute Gasteiger partial charge is 0.0541 e. The number of benzene rings is 9. The molecular weight excluding hydrogens is 689 g/mol. The molecule has 57 heavy (non-hydrogen) atoms. The maximum Gasteiger partial charge on any atom is 0.0541 e. The van der Waals surface area contributed by atoms with Gasteiger partial charge in [0.15, 0.2) is 0 Å². The van der Waals surface area contributed by atoms with Gasteiger partial charge in [0.2, 0.25) is 0 Å². The first-order chi connectivity index (χ1) is 28.3. The second-order valence-electron chi connectivity index (χ2n) is 15.0. The van der Waals surface area contributed by atoms with Crippen molar-refractivity contribution in [1.82, 2.24) is 9.13 Å². The van der Waals surface area contributed by atoms with Crippen LogP contribution in [0.5, 0.6) is 0 Å². The van der Waals surface area contributed by atoms with E-state index in [2.05, 4.69) is 228 Å². The van der Waals surface area contributed by atoms with Crippen LogP contribution in [0.1, 0.15) is 16.7 Å². The highest BCUT2D eigenvalue weighted by Crippen LogP contribution is 2.38. The number of para-hydroxylation sites is 3. The Morgan fingerprint density at radius 1 is 0.386 bits per heavy atom. The molecule has 0 amide bonds. The third-order valence-electron chi connectivity index (χ3n) is 11.6. The SMILES string of the molecule is C(=C(\Cc1ccc2c(c1)c1ccccc1n2-c1cccc2ccccc12)c1ccc(-c2ccc3c(c2)c2ccccc2n3-c2ccccc2)cc1)/c1ccccc1. The molecule has 0 aliphatic carbocycles. The van der Waals surface area contributed by atoms with Crippen molar-refractivity contribution in [2.45, 2.75) is 6.42 Å². The monoisotopic (exact) mass is 726 g/mol. The third kappa shape index (κ3) is 5.73. The van der Waals surface area contributed by atoms with Crippen molar-refractivity contribution in [2.75, 3.05) is 0 Å². The molecule has 0 atom stereocenters.